The van der Waals surface area contributed by atoms with E-state index < -0.39 is 0 Å². The Kier molecular flexibility index (Phi) is 2.94. The third kappa shape index (κ3) is 2.24. The number of H-pyrrole nitrogens is 1. The molecule has 0 bridgehead atoms. The van der Waals surface area contributed by atoms with Crippen LogP contribution in [0.15, 0.2) is 18.7 Å². The smallest absolute Gasteiger partial charge is 0.0925 e. The zero-order valence-electron chi connectivity index (χ0n) is 9.86. The first-order valence-electron chi connectivity index (χ1n) is 5.43. The molecule has 0 radical (unpaired) electrons. The Bertz CT molecular complexity index is 454. The summed E-state index contributed by atoms with van der Waals surface area (Å²) in [4.78, 5) is 7.28. The maximum atomic E-state index is 4.26. The second-order valence-corrected chi connectivity index (χ2v) is 4.13. The molecule has 0 aliphatic rings. The topological polar surface area (TPSA) is 58.5 Å². The van der Waals surface area contributed by atoms with Crippen molar-refractivity contribution in [3.63, 3.8) is 0 Å². The van der Waals surface area contributed by atoms with Gasteiger partial charge in [-0.3, -0.25) is 4.68 Å². The van der Waals surface area contributed by atoms with E-state index in [9.17, 15) is 0 Å². The van der Waals surface area contributed by atoms with E-state index in [1.54, 1.807) is 6.33 Å². The van der Waals surface area contributed by atoms with Gasteiger partial charge in [0.2, 0.25) is 0 Å². The van der Waals surface area contributed by atoms with Gasteiger partial charge < -0.3 is 10.3 Å². The fourth-order valence-electron chi connectivity index (χ4n) is 1.46. The zero-order valence-corrected chi connectivity index (χ0v) is 9.86. The van der Waals surface area contributed by atoms with Gasteiger partial charge in [0.1, 0.15) is 0 Å². The summed E-state index contributed by atoms with van der Waals surface area (Å²) in [5.74, 6) is 0. The quantitative estimate of drug-likeness (QED) is 0.828. The van der Waals surface area contributed by atoms with Crippen LogP contribution in [0.2, 0.25) is 0 Å². The number of nitrogens with zero attached hydrogens (tertiary/aromatic N) is 3. The highest BCUT2D eigenvalue weighted by molar-refractivity contribution is 5.38. The second kappa shape index (κ2) is 4.38. The molecule has 16 heavy (non-hydrogen) atoms. The van der Waals surface area contributed by atoms with Crippen molar-refractivity contribution in [3.05, 3.63) is 30.1 Å². The average molecular weight is 219 g/mol. The van der Waals surface area contributed by atoms with Gasteiger partial charge in [-0.2, -0.15) is 5.10 Å². The van der Waals surface area contributed by atoms with Crippen LogP contribution in [-0.2, 0) is 6.54 Å². The normalized spacial score (nSPS) is 11.0. The molecule has 0 amide bonds. The first-order valence-corrected chi connectivity index (χ1v) is 5.43. The fourth-order valence-corrected chi connectivity index (χ4v) is 1.46. The molecule has 0 spiro atoms. The van der Waals surface area contributed by atoms with Crippen LogP contribution in [-0.4, -0.2) is 19.7 Å². The molecular formula is C11H17N5. The lowest BCUT2D eigenvalue weighted by Crippen LogP contribution is -2.02. The van der Waals surface area contributed by atoms with Crippen LogP contribution in [0.25, 0.3) is 0 Å². The fraction of sp³-hybridized carbons (Fsp3) is 0.455. The molecule has 0 saturated carbocycles. The minimum atomic E-state index is 0.391. The van der Waals surface area contributed by atoms with Gasteiger partial charge in [-0.1, -0.05) is 0 Å². The van der Waals surface area contributed by atoms with E-state index in [0.717, 1.165) is 23.6 Å². The summed E-state index contributed by atoms with van der Waals surface area (Å²) in [7, 11) is 0. The summed E-state index contributed by atoms with van der Waals surface area (Å²) in [6.45, 7) is 6.95. The lowest BCUT2D eigenvalue weighted by Gasteiger charge is -2.04. The van der Waals surface area contributed by atoms with Crippen LogP contribution in [0, 0.1) is 6.92 Å². The molecule has 0 fully saturated rings. The largest absolute Gasteiger partial charge is 0.377 e. The average Bonchev–Trinajstić information content (AvgIpc) is 2.83. The minimum absolute atomic E-state index is 0.391. The monoisotopic (exact) mass is 219 g/mol. The number of aryl methyl sites for hydroxylation is 1. The Morgan fingerprint density at radius 2 is 2.31 bits per heavy atom. The molecule has 0 aromatic carbocycles. The number of hydrogen-bond donors (Lipinski definition) is 2. The van der Waals surface area contributed by atoms with Crippen LogP contribution < -0.4 is 5.32 Å². The second-order valence-electron chi connectivity index (χ2n) is 4.13. The van der Waals surface area contributed by atoms with E-state index in [1.807, 2.05) is 24.0 Å². The van der Waals surface area contributed by atoms with Crippen LogP contribution >= 0.6 is 0 Å². The number of hydrogen-bond acceptors (Lipinski definition) is 3. The summed E-state index contributed by atoms with van der Waals surface area (Å²) in [5.41, 5.74) is 3.16. The summed E-state index contributed by atoms with van der Waals surface area (Å²) >= 11 is 0. The Hall–Kier alpha value is -1.78. The first kappa shape index (κ1) is 10.7. The number of imidazole rings is 1. The standard InChI is InChI=1S/C11H17N5/c1-8(2)16-6-10(4-15-16)12-5-11-9(3)13-7-14-11/h4,6-8,12H,5H2,1-3H3,(H,13,14). The molecule has 0 unspecified atom stereocenters. The number of aromatic nitrogens is 4. The maximum Gasteiger partial charge on any atom is 0.0925 e. The van der Waals surface area contributed by atoms with Gasteiger partial charge in [0, 0.05) is 17.9 Å². The van der Waals surface area contributed by atoms with Gasteiger partial charge in [0.05, 0.1) is 30.5 Å². The molecule has 0 atom stereocenters. The maximum absolute atomic E-state index is 4.26. The Morgan fingerprint density at radius 1 is 1.50 bits per heavy atom. The Labute approximate surface area is 94.9 Å². The van der Waals surface area contributed by atoms with Gasteiger partial charge in [-0.05, 0) is 20.8 Å². The lowest BCUT2D eigenvalue weighted by molar-refractivity contribution is 0.532. The zero-order chi connectivity index (χ0) is 11.5. The molecule has 5 heteroatoms. The predicted octanol–water partition coefficient (Wildman–Crippen LogP) is 2.11. The van der Waals surface area contributed by atoms with Gasteiger partial charge in [0.25, 0.3) is 0 Å². The summed E-state index contributed by atoms with van der Waals surface area (Å²) in [5, 5.41) is 7.56. The third-order valence-electron chi connectivity index (χ3n) is 2.52. The minimum Gasteiger partial charge on any atom is -0.377 e. The molecule has 2 aromatic heterocycles. The van der Waals surface area contributed by atoms with Gasteiger partial charge in [-0.25, -0.2) is 4.98 Å². The molecule has 2 N–H and O–H groups in total. The molecule has 0 saturated heterocycles. The summed E-state index contributed by atoms with van der Waals surface area (Å²) in [6.07, 6.45) is 5.55. The van der Waals surface area contributed by atoms with E-state index in [1.165, 1.54) is 0 Å². The number of anilines is 1. The van der Waals surface area contributed by atoms with Crippen LogP contribution in [0.3, 0.4) is 0 Å². The summed E-state index contributed by atoms with van der Waals surface area (Å²) in [6, 6.07) is 0.391. The predicted molar refractivity (Wildman–Crippen MR) is 63.3 cm³/mol. The highest BCUT2D eigenvalue weighted by atomic mass is 15.3. The number of nitrogens with one attached hydrogen (secondary N) is 2. The van der Waals surface area contributed by atoms with Gasteiger partial charge in [-0.15, -0.1) is 0 Å². The van der Waals surface area contributed by atoms with Crippen molar-refractivity contribution in [2.24, 2.45) is 0 Å². The van der Waals surface area contributed by atoms with Gasteiger partial charge in [0.15, 0.2) is 0 Å². The molecule has 0 aliphatic heterocycles. The van der Waals surface area contributed by atoms with E-state index in [-0.39, 0.29) is 0 Å². The Balaban J connectivity index is 1.97. The highest BCUT2D eigenvalue weighted by Crippen LogP contribution is 2.11. The van der Waals surface area contributed by atoms with Crippen LogP contribution in [0.1, 0.15) is 31.3 Å². The molecule has 2 heterocycles. The van der Waals surface area contributed by atoms with E-state index in [2.05, 4.69) is 34.2 Å². The molecule has 0 aliphatic carbocycles. The van der Waals surface area contributed by atoms with E-state index in [4.69, 9.17) is 0 Å². The van der Waals surface area contributed by atoms with Gasteiger partial charge >= 0.3 is 0 Å². The number of rotatable bonds is 4. The molecule has 5 nitrogen and oxygen atoms in total. The van der Waals surface area contributed by atoms with Crippen molar-refractivity contribution in [3.8, 4) is 0 Å². The van der Waals surface area contributed by atoms with Crippen molar-refractivity contribution < 1.29 is 0 Å². The van der Waals surface area contributed by atoms with E-state index >= 15 is 0 Å². The van der Waals surface area contributed by atoms with Crippen molar-refractivity contribution in [1.29, 1.82) is 0 Å². The van der Waals surface area contributed by atoms with Crippen molar-refractivity contribution in [2.75, 3.05) is 5.32 Å². The molecule has 2 aromatic rings. The lowest BCUT2D eigenvalue weighted by atomic mass is 10.3. The Morgan fingerprint density at radius 3 is 2.88 bits per heavy atom. The highest BCUT2D eigenvalue weighted by Gasteiger charge is 2.03. The molecule has 2 rings (SSSR count). The van der Waals surface area contributed by atoms with Crippen molar-refractivity contribution in [1.82, 2.24) is 19.7 Å². The van der Waals surface area contributed by atoms with E-state index in [0.29, 0.717) is 6.04 Å². The SMILES string of the molecule is Cc1[nH]cnc1CNc1cnn(C(C)C)c1. The van der Waals surface area contributed by atoms with Crippen LogP contribution in [0.5, 0.6) is 0 Å². The van der Waals surface area contributed by atoms with Crippen LogP contribution in [0.4, 0.5) is 5.69 Å². The molecule has 86 valence electrons. The third-order valence-corrected chi connectivity index (χ3v) is 2.52. The van der Waals surface area contributed by atoms with Crippen molar-refractivity contribution >= 4 is 5.69 Å². The van der Waals surface area contributed by atoms with Crippen molar-refractivity contribution in [2.45, 2.75) is 33.4 Å². The summed E-state index contributed by atoms with van der Waals surface area (Å²) < 4.78 is 1.93. The first-order chi connectivity index (χ1) is 7.66. The number of aromatic amines is 1. The molecular weight excluding hydrogens is 202 g/mol.